The quantitative estimate of drug-likeness (QED) is 0.262. The van der Waals surface area contributed by atoms with Crippen molar-refractivity contribution in [1.82, 2.24) is 26.2 Å². The molecule has 2 heterocycles. The van der Waals surface area contributed by atoms with Crippen LogP contribution in [0.4, 0.5) is 0 Å². The molecule has 2 saturated carbocycles. The number of nitrogens with zero attached hydrogens (tertiary/aromatic N) is 1. The highest BCUT2D eigenvalue weighted by molar-refractivity contribution is 6.38. The molecule has 3 aliphatic rings. The fraction of sp³-hybridized carbons (Fsp3) is 0.688. The molecule has 0 bridgehead atoms. The lowest BCUT2D eigenvalue weighted by Gasteiger charge is -2.40. The van der Waals surface area contributed by atoms with Gasteiger partial charge < -0.3 is 30.6 Å². The summed E-state index contributed by atoms with van der Waals surface area (Å²) in [6.07, 6.45) is 7.91. The molecule has 1 aliphatic heterocycles. The van der Waals surface area contributed by atoms with E-state index in [0.717, 1.165) is 38.5 Å². The molecule has 44 heavy (non-hydrogen) atoms. The summed E-state index contributed by atoms with van der Waals surface area (Å²) in [6, 6.07) is -0.893. The number of fused-ring (bicyclic) bond motifs is 1. The van der Waals surface area contributed by atoms with E-state index in [4.69, 9.17) is 4.42 Å². The van der Waals surface area contributed by atoms with Crippen molar-refractivity contribution in [2.75, 3.05) is 0 Å². The predicted molar refractivity (Wildman–Crippen MR) is 161 cm³/mol. The first-order valence-electron chi connectivity index (χ1n) is 15.9. The van der Waals surface area contributed by atoms with Gasteiger partial charge in [0.25, 0.3) is 11.8 Å². The summed E-state index contributed by atoms with van der Waals surface area (Å²) in [5, 5.41) is 11.0. The summed E-state index contributed by atoms with van der Waals surface area (Å²) in [5.74, 6) is -3.13. The third kappa shape index (κ3) is 7.87. The van der Waals surface area contributed by atoms with Crippen LogP contribution in [0.5, 0.6) is 0 Å². The third-order valence-electron chi connectivity index (χ3n) is 8.88. The van der Waals surface area contributed by atoms with E-state index in [2.05, 4.69) is 21.3 Å². The second kappa shape index (κ2) is 13.9. The van der Waals surface area contributed by atoms with E-state index in [1.165, 1.54) is 19.3 Å². The van der Waals surface area contributed by atoms with Crippen molar-refractivity contribution in [2.45, 2.75) is 129 Å². The Kier molecular flexibility index (Phi) is 10.5. The number of nitrogens with one attached hydrogen (secondary N) is 4. The molecular formula is C32H47N5O7. The molecule has 12 nitrogen and oxygen atoms in total. The monoisotopic (exact) mass is 613 g/mol. The molecular weight excluding hydrogens is 566 g/mol. The second-order valence-corrected chi connectivity index (χ2v) is 13.6. The molecule has 2 aliphatic carbocycles. The van der Waals surface area contributed by atoms with Gasteiger partial charge in [-0.2, -0.15) is 0 Å². The molecule has 5 amide bonds. The topological polar surface area (TPSA) is 167 Å². The number of hydrogen-bond donors (Lipinski definition) is 4. The molecule has 0 spiro atoms. The van der Waals surface area contributed by atoms with Crippen molar-refractivity contribution < 1.29 is 33.2 Å². The molecule has 2 unspecified atom stereocenters. The summed E-state index contributed by atoms with van der Waals surface area (Å²) < 4.78 is 5.11. The van der Waals surface area contributed by atoms with Crippen molar-refractivity contribution in [1.29, 1.82) is 0 Å². The van der Waals surface area contributed by atoms with Crippen LogP contribution in [0.3, 0.4) is 0 Å². The Morgan fingerprint density at radius 2 is 1.70 bits per heavy atom. The average Bonchev–Trinajstić information content (AvgIpc) is 3.45. The van der Waals surface area contributed by atoms with Gasteiger partial charge in [0.15, 0.2) is 5.76 Å². The number of furan rings is 1. The van der Waals surface area contributed by atoms with Gasteiger partial charge in [0.05, 0.1) is 12.3 Å². The Hall–Kier alpha value is -3.70. The van der Waals surface area contributed by atoms with Crippen molar-refractivity contribution >= 4 is 35.3 Å². The third-order valence-corrected chi connectivity index (χ3v) is 8.88. The number of amides is 5. The highest BCUT2D eigenvalue weighted by Gasteiger charge is 2.51. The summed E-state index contributed by atoms with van der Waals surface area (Å²) in [5.41, 5.74) is -0.729. The van der Waals surface area contributed by atoms with E-state index in [9.17, 15) is 28.8 Å². The Morgan fingerprint density at radius 1 is 1.00 bits per heavy atom. The van der Waals surface area contributed by atoms with E-state index in [0.29, 0.717) is 19.3 Å². The van der Waals surface area contributed by atoms with Crippen LogP contribution in [-0.4, -0.2) is 76.5 Å². The lowest BCUT2D eigenvalue weighted by Crippen LogP contribution is -2.62. The zero-order valence-electron chi connectivity index (χ0n) is 26.4. The van der Waals surface area contributed by atoms with E-state index < -0.39 is 59.0 Å². The minimum absolute atomic E-state index is 0.0150. The Bertz CT molecular complexity index is 1240. The zero-order valence-corrected chi connectivity index (χ0v) is 26.4. The van der Waals surface area contributed by atoms with Crippen molar-refractivity contribution in [3.8, 4) is 0 Å². The van der Waals surface area contributed by atoms with E-state index >= 15 is 0 Å². The summed E-state index contributed by atoms with van der Waals surface area (Å²) in [4.78, 5) is 81.1. The van der Waals surface area contributed by atoms with Gasteiger partial charge in [-0.3, -0.25) is 28.8 Å². The van der Waals surface area contributed by atoms with Gasteiger partial charge >= 0.3 is 0 Å². The highest BCUT2D eigenvalue weighted by atomic mass is 16.3. The van der Waals surface area contributed by atoms with Gasteiger partial charge in [0.2, 0.25) is 23.5 Å². The molecule has 1 aromatic rings. The Balaban J connectivity index is 1.52. The van der Waals surface area contributed by atoms with Gasteiger partial charge in [-0.25, -0.2) is 0 Å². The van der Waals surface area contributed by atoms with Crippen LogP contribution in [0.1, 0.15) is 103 Å². The van der Waals surface area contributed by atoms with Gasteiger partial charge in [-0.15, -0.1) is 0 Å². The van der Waals surface area contributed by atoms with Crippen molar-refractivity contribution in [2.24, 2.45) is 11.3 Å². The molecule has 1 saturated heterocycles. The van der Waals surface area contributed by atoms with Crippen LogP contribution >= 0.6 is 0 Å². The van der Waals surface area contributed by atoms with Crippen LogP contribution < -0.4 is 21.3 Å². The molecule has 4 rings (SSSR count). The number of Topliss-reactive ketones (excluding diaryl/α,β-unsaturated/α-hetero) is 1. The number of hydrogen-bond acceptors (Lipinski definition) is 7. The molecule has 0 radical (unpaired) electrons. The highest BCUT2D eigenvalue weighted by Crippen LogP contribution is 2.41. The Morgan fingerprint density at radius 3 is 2.32 bits per heavy atom. The molecule has 242 valence electrons. The number of carbonyl (C=O) groups is 6. The maximum Gasteiger partial charge on any atom is 0.289 e. The number of carbonyl (C=O) groups excluding carboxylic acids is 6. The number of likely N-dealkylation sites (tertiary alicyclic amines) is 1. The lowest BCUT2D eigenvalue weighted by molar-refractivity contribution is -0.147. The standard InChI is InChI=1S/C32H47N5O7/c1-6-10-21(25(38)30(42)34-20-14-15-20)35-28(40)23-17-19-11-7-8-12-22(19)37(23)31(43)26(32(3,4)5)36-27(39)18(2)33-29(41)24-13-9-16-44-24/h9,13,16,18-23,26H,6-8,10-12,14-15,17H2,1-5H3,(H,33,41)(H,34,42)(H,35,40)(H,36,39)/t18-,19?,21-,22?,23-,26+/m0/s1. The van der Waals surface area contributed by atoms with Gasteiger partial charge in [0.1, 0.15) is 18.1 Å². The largest absolute Gasteiger partial charge is 0.459 e. The number of rotatable bonds is 12. The maximum absolute atomic E-state index is 14.4. The molecule has 12 heteroatoms. The average molecular weight is 614 g/mol. The maximum atomic E-state index is 14.4. The summed E-state index contributed by atoms with van der Waals surface area (Å²) in [7, 11) is 0. The van der Waals surface area contributed by atoms with Crippen LogP contribution in [0.15, 0.2) is 22.8 Å². The minimum Gasteiger partial charge on any atom is -0.459 e. The first kappa shape index (κ1) is 33.2. The normalized spacial score (nSPS) is 23.5. The van der Waals surface area contributed by atoms with Gasteiger partial charge in [-0.05, 0) is 68.9 Å². The van der Waals surface area contributed by atoms with E-state index in [1.807, 2.05) is 27.7 Å². The molecule has 3 fully saturated rings. The van der Waals surface area contributed by atoms with E-state index in [1.54, 1.807) is 11.0 Å². The van der Waals surface area contributed by atoms with Gasteiger partial charge in [-0.1, -0.05) is 47.0 Å². The van der Waals surface area contributed by atoms with Gasteiger partial charge in [0, 0.05) is 12.1 Å². The molecule has 6 atom stereocenters. The minimum atomic E-state index is -0.994. The molecule has 1 aromatic heterocycles. The summed E-state index contributed by atoms with van der Waals surface area (Å²) in [6.45, 7) is 8.90. The van der Waals surface area contributed by atoms with Crippen LogP contribution in [0.25, 0.3) is 0 Å². The van der Waals surface area contributed by atoms with Crippen molar-refractivity contribution in [3.63, 3.8) is 0 Å². The Labute approximate surface area is 258 Å². The fourth-order valence-electron chi connectivity index (χ4n) is 6.29. The number of ketones is 1. The first-order chi connectivity index (χ1) is 20.8. The molecule has 4 N–H and O–H groups in total. The molecule has 0 aromatic carbocycles. The zero-order chi connectivity index (χ0) is 32.2. The first-order valence-corrected chi connectivity index (χ1v) is 15.9. The van der Waals surface area contributed by atoms with Crippen LogP contribution in [0.2, 0.25) is 0 Å². The lowest BCUT2D eigenvalue weighted by atomic mass is 9.83. The predicted octanol–water partition coefficient (Wildman–Crippen LogP) is 2.22. The smallest absolute Gasteiger partial charge is 0.289 e. The second-order valence-electron chi connectivity index (χ2n) is 13.6. The van der Waals surface area contributed by atoms with E-state index in [-0.39, 0.29) is 29.7 Å². The van der Waals surface area contributed by atoms with Crippen LogP contribution in [0, 0.1) is 11.3 Å². The fourth-order valence-corrected chi connectivity index (χ4v) is 6.29. The summed E-state index contributed by atoms with van der Waals surface area (Å²) >= 11 is 0. The van der Waals surface area contributed by atoms with Crippen LogP contribution in [-0.2, 0) is 24.0 Å². The van der Waals surface area contributed by atoms with Crippen molar-refractivity contribution in [3.05, 3.63) is 24.2 Å². The SMILES string of the molecule is CCC[C@H](NC(=O)[C@@H]1CC2CCCCC2N1C(=O)[C@@H](NC(=O)[C@H](C)NC(=O)c1ccco1)C(C)(C)C)C(=O)C(=O)NC1CC1.